The van der Waals surface area contributed by atoms with Gasteiger partial charge in [-0.05, 0) is 81.3 Å². The number of Topliss-reactive ketones (excluding diaryl/α,β-unsaturated/α-hetero) is 2. The largest absolute Gasteiger partial charge is 0.444 e. The predicted octanol–water partition coefficient (Wildman–Crippen LogP) is 4.36. The highest BCUT2D eigenvalue weighted by Crippen LogP contribution is 2.71. The molecule has 168 valence electrons. The van der Waals surface area contributed by atoms with Crippen molar-refractivity contribution < 1.29 is 19.1 Å². The fraction of sp³-hybridized carbons (Fsp3) is 0.654. The molecule has 0 saturated heterocycles. The first-order valence-corrected chi connectivity index (χ1v) is 11.5. The minimum Gasteiger partial charge on any atom is -0.444 e. The molecule has 5 atom stereocenters. The van der Waals surface area contributed by atoms with Gasteiger partial charge < -0.3 is 10.1 Å². The maximum absolute atomic E-state index is 13.9. The van der Waals surface area contributed by atoms with Crippen molar-refractivity contribution >= 4 is 17.7 Å². The van der Waals surface area contributed by atoms with Crippen molar-refractivity contribution in [3.05, 3.63) is 35.4 Å². The normalized spacial score (nSPS) is 29.6. The summed E-state index contributed by atoms with van der Waals surface area (Å²) in [6.45, 7) is 11.4. The number of benzene rings is 1. The molecule has 2 fully saturated rings. The molecule has 4 rings (SSSR count). The zero-order valence-electron chi connectivity index (χ0n) is 19.5. The molecule has 0 radical (unpaired) electrons. The molecule has 5 heteroatoms. The summed E-state index contributed by atoms with van der Waals surface area (Å²) in [4.78, 5) is 39.1. The number of hydrogen-bond donors (Lipinski definition) is 1. The number of carbonyl (C=O) groups is 3. The number of amides is 1. The van der Waals surface area contributed by atoms with Crippen molar-refractivity contribution in [2.75, 3.05) is 0 Å². The third-order valence-electron chi connectivity index (χ3n) is 7.84. The molecule has 3 aliphatic rings. The molecule has 2 saturated carbocycles. The molecule has 0 aliphatic heterocycles. The fourth-order valence-corrected chi connectivity index (χ4v) is 6.36. The van der Waals surface area contributed by atoms with Gasteiger partial charge in [0.1, 0.15) is 11.4 Å². The summed E-state index contributed by atoms with van der Waals surface area (Å²) in [5.41, 5.74) is 1.95. The van der Waals surface area contributed by atoms with Gasteiger partial charge in [0.25, 0.3) is 0 Å². The minimum absolute atomic E-state index is 0.00636. The molecule has 1 aromatic rings. The van der Waals surface area contributed by atoms with Gasteiger partial charge >= 0.3 is 6.09 Å². The van der Waals surface area contributed by atoms with Crippen molar-refractivity contribution in [1.29, 1.82) is 0 Å². The first-order chi connectivity index (χ1) is 14.4. The summed E-state index contributed by atoms with van der Waals surface area (Å²) < 4.78 is 5.49. The average molecular weight is 426 g/mol. The Kier molecular flexibility index (Phi) is 5.30. The average Bonchev–Trinajstić information content (AvgIpc) is 3.06. The van der Waals surface area contributed by atoms with Crippen LogP contribution in [0.1, 0.15) is 59.1 Å². The van der Waals surface area contributed by atoms with Crippen LogP contribution in [0.5, 0.6) is 0 Å². The van der Waals surface area contributed by atoms with Crippen molar-refractivity contribution in [2.24, 2.45) is 35.0 Å². The predicted molar refractivity (Wildman–Crippen MR) is 119 cm³/mol. The topological polar surface area (TPSA) is 72.5 Å². The summed E-state index contributed by atoms with van der Waals surface area (Å²) in [5.74, 6) is 0.229. The van der Waals surface area contributed by atoms with E-state index in [0.29, 0.717) is 5.92 Å². The summed E-state index contributed by atoms with van der Waals surface area (Å²) >= 11 is 0. The van der Waals surface area contributed by atoms with Gasteiger partial charge in [-0.15, -0.1) is 0 Å². The number of nitrogens with one attached hydrogen (secondary N) is 1. The molecule has 1 amide bonds. The van der Waals surface area contributed by atoms with E-state index >= 15 is 0 Å². The first-order valence-electron chi connectivity index (χ1n) is 11.5. The first kappa shape index (κ1) is 22.0. The van der Waals surface area contributed by atoms with E-state index in [1.165, 1.54) is 11.1 Å². The van der Waals surface area contributed by atoms with Crippen molar-refractivity contribution in [3.8, 4) is 0 Å². The maximum Gasteiger partial charge on any atom is 0.408 e. The highest BCUT2D eigenvalue weighted by atomic mass is 16.6. The quantitative estimate of drug-likeness (QED) is 0.761. The van der Waals surface area contributed by atoms with Crippen LogP contribution in [0.2, 0.25) is 0 Å². The maximum atomic E-state index is 13.9. The second kappa shape index (κ2) is 7.46. The molecule has 5 nitrogen and oxygen atoms in total. The van der Waals surface area contributed by atoms with Crippen LogP contribution in [0, 0.1) is 35.0 Å². The van der Waals surface area contributed by atoms with Crippen LogP contribution in [0.4, 0.5) is 4.79 Å². The lowest BCUT2D eigenvalue weighted by Crippen LogP contribution is -2.51. The van der Waals surface area contributed by atoms with Gasteiger partial charge in [0.05, 0.1) is 6.04 Å². The fourth-order valence-electron chi connectivity index (χ4n) is 6.36. The van der Waals surface area contributed by atoms with E-state index in [4.69, 9.17) is 4.74 Å². The standard InChI is InChI=1S/C26H35NO4/c1-14(28)20-18(13-19-21(20)26(19,5)6)23(29)22(27-24(30)31-25(2,3)4)17-11-15-9-7-8-10-16(15)12-17/h7-10,17-22H,11-13H2,1-6H3,(H,27,30)/t18?,19?,20-,21?,22?/m0/s1. The molecule has 1 N–H and O–H groups in total. The van der Waals surface area contributed by atoms with E-state index in [1.54, 1.807) is 6.92 Å². The SMILES string of the molecule is CC(=O)[C@H]1C(C(=O)C(NC(=O)OC(C)(C)C)C2Cc3ccccc3C2)CC2C1C2(C)C. The number of alkyl carbamates (subject to hydrolysis) is 1. The van der Waals surface area contributed by atoms with Crippen molar-refractivity contribution in [3.63, 3.8) is 0 Å². The van der Waals surface area contributed by atoms with E-state index in [2.05, 4.69) is 31.3 Å². The highest BCUT2D eigenvalue weighted by molar-refractivity contribution is 5.95. The number of ether oxygens (including phenoxy) is 1. The van der Waals surface area contributed by atoms with Crippen molar-refractivity contribution in [1.82, 2.24) is 5.32 Å². The molecule has 0 heterocycles. The van der Waals surface area contributed by atoms with Gasteiger partial charge in [0.15, 0.2) is 5.78 Å². The van der Waals surface area contributed by atoms with Crippen LogP contribution in [0.15, 0.2) is 24.3 Å². The molecule has 31 heavy (non-hydrogen) atoms. The van der Waals surface area contributed by atoms with Crippen LogP contribution in [0.3, 0.4) is 0 Å². The Balaban J connectivity index is 1.58. The third-order valence-corrected chi connectivity index (χ3v) is 7.84. The van der Waals surface area contributed by atoms with E-state index in [1.807, 2.05) is 32.9 Å². The summed E-state index contributed by atoms with van der Waals surface area (Å²) in [6.07, 6.45) is 1.67. The molecular weight excluding hydrogens is 390 g/mol. The van der Waals surface area contributed by atoms with E-state index in [-0.39, 0.29) is 40.7 Å². The second-order valence-corrected chi connectivity index (χ2v) is 11.4. The number of ketones is 2. The van der Waals surface area contributed by atoms with Gasteiger partial charge in [-0.3, -0.25) is 9.59 Å². The lowest BCUT2D eigenvalue weighted by Gasteiger charge is -2.31. The van der Waals surface area contributed by atoms with Gasteiger partial charge in [0, 0.05) is 11.8 Å². The van der Waals surface area contributed by atoms with Crippen LogP contribution in [0.25, 0.3) is 0 Å². The lowest BCUT2D eigenvalue weighted by atomic mass is 9.76. The molecule has 3 aliphatic carbocycles. The Morgan fingerprint density at radius 1 is 1.10 bits per heavy atom. The second-order valence-electron chi connectivity index (χ2n) is 11.4. The highest BCUT2D eigenvalue weighted by Gasteiger charge is 2.69. The molecule has 0 spiro atoms. The smallest absolute Gasteiger partial charge is 0.408 e. The minimum atomic E-state index is -0.644. The van der Waals surface area contributed by atoms with Crippen molar-refractivity contribution in [2.45, 2.75) is 72.4 Å². The van der Waals surface area contributed by atoms with Crippen LogP contribution in [-0.2, 0) is 27.2 Å². The molecule has 1 aromatic carbocycles. The van der Waals surface area contributed by atoms with Crippen LogP contribution < -0.4 is 5.32 Å². The van der Waals surface area contributed by atoms with E-state index < -0.39 is 17.7 Å². The molecule has 0 aromatic heterocycles. The monoisotopic (exact) mass is 425 g/mol. The Morgan fingerprint density at radius 3 is 2.19 bits per heavy atom. The Hall–Kier alpha value is -2.17. The lowest BCUT2D eigenvalue weighted by molar-refractivity contribution is -0.133. The Bertz CT molecular complexity index is 887. The van der Waals surface area contributed by atoms with E-state index in [9.17, 15) is 14.4 Å². The van der Waals surface area contributed by atoms with Gasteiger partial charge in [-0.2, -0.15) is 0 Å². The Morgan fingerprint density at radius 2 is 1.68 bits per heavy atom. The number of rotatable bonds is 5. The summed E-state index contributed by atoms with van der Waals surface area (Å²) in [6, 6.07) is 7.57. The Labute approximate surface area is 185 Å². The number of hydrogen-bond acceptors (Lipinski definition) is 4. The molecule has 0 bridgehead atoms. The number of carbonyl (C=O) groups excluding carboxylic acids is 3. The van der Waals surface area contributed by atoms with E-state index in [0.717, 1.165) is 19.3 Å². The number of fused-ring (bicyclic) bond motifs is 2. The summed E-state index contributed by atoms with van der Waals surface area (Å²) in [5, 5.41) is 2.91. The zero-order valence-corrected chi connectivity index (χ0v) is 19.5. The van der Waals surface area contributed by atoms with Gasteiger partial charge in [-0.25, -0.2) is 4.79 Å². The summed E-state index contributed by atoms with van der Waals surface area (Å²) in [7, 11) is 0. The third kappa shape index (κ3) is 4.04. The van der Waals surface area contributed by atoms with Crippen LogP contribution in [-0.4, -0.2) is 29.3 Å². The van der Waals surface area contributed by atoms with Gasteiger partial charge in [-0.1, -0.05) is 38.1 Å². The van der Waals surface area contributed by atoms with Gasteiger partial charge in [0.2, 0.25) is 0 Å². The molecule has 4 unspecified atom stereocenters. The zero-order chi connectivity index (χ0) is 22.7. The van der Waals surface area contributed by atoms with Crippen LogP contribution >= 0.6 is 0 Å². The molecular formula is C26H35NO4.